The van der Waals surface area contributed by atoms with Gasteiger partial charge in [-0.25, -0.2) is 0 Å². The molecule has 4 nitrogen and oxygen atoms in total. The van der Waals surface area contributed by atoms with E-state index in [4.69, 9.17) is 10.5 Å². The smallest absolute Gasteiger partial charge is 0.223 e. The maximum atomic E-state index is 11.3. The number of hydrogen-bond donors (Lipinski definition) is 2. The average Bonchev–Trinajstić information content (AvgIpc) is 2.03. The van der Waals surface area contributed by atoms with E-state index < -0.39 is 0 Å². The molecular formula is C9H14N2O2. The summed E-state index contributed by atoms with van der Waals surface area (Å²) >= 11 is 0. The fraction of sp³-hybridized carbons (Fsp3) is 0.444. The Hall–Kier alpha value is -1.29. The lowest BCUT2D eigenvalue weighted by molar-refractivity contribution is 0.408. The van der Waals surface area contributed by atoms with Gasteiger partial charge >= 0.3 is 0 Å². The third-order valence-corrected chi connectivity index (χ3v) is 1.70. The first-order valence-electron chi connectivity index (χ1n) is 4.14. The van der Waals surface area contributed by atoms with Gasteiger partial charge in [0, 0.05) is 30.4 Å². The molecule has 0 aliphatic rings. The Kier molecular flexibility index (Phi) is 3.08. The number of pyridine rings is 1. The van der Waals surface area contributed by atoms with Crippen molar-refractivity contribution in [3.8, 4) is 5.75 Å². The van der Waals surface area contributed by atoms with E-state index in [1.165, 1.54) is 13.2 Å². The first-order valence-corrected chi connectivity index (χ1v) is 4.14. The molecular weight excluding hydrogens is 168 g/mol. The Morgan fingerprint density at radius 1 is 1.69 bits per heavy atom. The molecule has 0 aromatic carbocycles. The predicted octanol–water partition coefficient (Wildman–Crippen LogP) is 0.273. The van der Waals surface area contributed by atoms with Crippen molar-refractivity contribution in [2.24, 2.45) is 5.73 Å². The normalized spacial score (nSPS) is 12.5. The molecule has 4 heteroatoms. The van der Waals surface area contributed by atoms with Gasteiger partial charge in [0.1, 0.15) is 0 Å². The van der Waals surface area contributed by atoms with Gasteiger partial charge in [0.05, 0.1) is 7.11 Å². The van der Waals surface area contributed by atoms with Gasteiger partial charge < -0.3 is 15.5 Å². The number of nitrogens with one attached hydrogen (secondary N) is 1. The molecule has 13 heavy (non-hydrogen) atoms. The molecule has 0 aliphatic carbocycles. The van der Waals surface area contributed by atoms with Crippen molar-refractivity contribution in [1.82, 2.24) is 4.98 Å². The standard InChI is InChI=1S/C9H14N2O2/c1-6(10)3-7-4-8(12)9(13-2)5-11-7/h4-6H,3,10H2,1-2H3,(H,11,12). The summed E-state index contributed by atoms with van der Waals surface area (Å²) < 4.78 is 4.83. The first-order chi connectivity index (χ1) is 6.13. The summed E-state index contributed by atoms with van der Waals surface area (Å²) in [5.41, 5.74) is 6.31. The van der Waals surface area contributed by atoms with E-state index in [0.717, 1.165) is 5.69 Å². The molecule has 0 saturated carbocycles. The zero-order valence-electron chi connectivity index (χ0n) is 7.83. The van der Waals surface area contributed by atoms with Crippen molar-refractivity contribution in [2.75, 3.05) is 7.11 Å². The van der Waals surface area contributed by atoms with Crippen LogP contribution in [0.4, 0.5) is 0 Å². The molecule has 3 N–H and O–H groups in total. The molecule has 72 valence electrons. The lowest BCUT2D eigenvalue weighted by Gasteiger charge is -2.05. The van der Waals surface area contributed by atoms with Crippen LogP contribution in [0.2, 0.25) is 0 Å². The van der Waals surface area contributed by atoms with Crippen LogP contribution in [0, 0.1) is 0 Å². The van der Waals surface area contributed by atoms with Crippen LogP contribution in [-0.4, -0.2) is 18.1 Å². The SMILES string of the molecule is COc1c[nH]c(CC(C)N)cc1=O. The number of aromatic nitrogens is 1. The Balaban J connectivity index is 2.90. The summed E-state index contributed by atoms with van der Waals surface area (Å²) in [5.74, 6) is 0.327. The van der Waals surface area contributed by atoms with Crippen LogP contribution in [0.25, 0.3) is 0 Å². The van der Waals surface area contributed by atoms with Gasteiger partial charge in [-0.2, -0.15) is 0 Å². The number of aromatic amines is 1. The van der Waals surface area contributed by atoms with Crippen molar-refractivity contribution in [3.63, 3.8) is 0 Å². The highest BCUT2D eigenvalue weighted by Gasteiger charge is 2.02. The van der Waals surface area contributed by atoms with Crippen molar-refractivity contribution in [1.29, 1.82) is 0 Å². The van der Waals surface area contributed by atoms with Crippen LogP contribution in [-0.2, 0) is 6.42 Å². The average molecular weight is 182 g/mol. The van der Waals surface area contributed by atoms with Gasteiger partial charge in [-0.1, -0.05) is 0 Å². The highest BCUT2D eigenvalue weighted by molar-refractivity contribution is 5.20. The summed E-state index contributed by atoms with van der Waals surface area (Å²) in [6, 6.07) is 1.56. The van der Waals surface area contributed by atoms with Crippen LogP contribution in [0.15, 0.2) is 17.1 Å². The van der Waals surface area contributed by atoms with E-state index in [1.807, 2.05) is 6.92 Å². The van der Waals surface area contributed by atoms with Gasteiger partial charge in [0.15, 0.2) is 5.75 Å². The Morgan fingerprint density at radius 3 is 2.85 bits per heavy atom. The Labute approximate surface area is 76.7 Å². The van der Waals surface area contributed by atoms with Crippen molar-refractivity contribution in [3.05, 3.63) is 28.2 Å². The largest absolute Gasteiger partial charge is 0.491 e. The number of nitrogens with two attached hydrogens (primary N) is 1. The maximum Gasteiger partial charge on any atom is 0.223 e. The highest BCUT2D eigenvalue weighted by Crippen LogP contribution is 2.02. The molecule has 0 saturated heterocycles. The van der Waals surface area contributed by atoms with Crippen LogP contribution in [0.3, 0.4) is 0 Å². The summed E-state index contributed by atoms with van der Waals surface area (Å²) in [4.78, 5) is 14.2. The van der Waals surface area contributed by atoms with Gasteiger partial charge in [-0.3, -0.25) is 4.79 Å². The number of hydrogen-bond acceptors (Lipinski definition) is 3. The van der Waals surface area contributed by atoms with Crippen LogP contribution in [0.5, 0.6) is 5.75 Å². The van der Waals surface area contributed by atoms with E-state index in [0.29, 0.717) is 12.2 Å². The molecule has 1 heterocycles. The van der Waals surface area contributed by atoms with E-state index in [2.05, 4.69) is 4.98 Å². The van der Waals surface area contributed by atoms with Gasteiger partial charge in [-0.15, -0.1) is 0 Å². The quantitative estimate of drug-likeness (QED) is 0.705. The second-order valence-corrected chi connectivity index (χ2v) is 3.07. The molecule has 0 bridgehead atoms. The van der Waals surface area contributed by atoms with Crippen LogP contribution >= 0.6 is 0 Å². The van der Waals surface area contributed by atoms with Gasteiger partial charge in [-0.05, 0) is 6.92 Å². The van der Waals surface area contributed by atoms with Crippen molar-refractivity contribution in [2.45, 2.75) is 19.4 Å². The maximum absolute atomic E-state index is 11.3. The molecule has 1 atom stereocenters. The van der Waals surface area contributed by atoms with Crippen molar-refractivity contribution >= 4 is 0 Å². The van der Waals surface area contributed by atoms with Gasteiger partial charge in [0.25, 0.3) is 0 Å². The molecule has 0 amide bonds. The second-order valence-electron chi connectivity index (χ2n) is 3.07. The Morgan fingerprint density at radius 2 is 2.38 bits per heavy atom. The van der Waals surface area contributed by atoms with Gasteiger partial charge in [0.2, 0.25) is 5.43 Å². The number of rotatable bonds is 3. The molecule has 0 spiro atoms. The Bertz CT molecular complexity index is 331. The fourth-order valence-electron chi connectivity index (χ4n) is 1.12. The summed E-state index contributed by atoms with van der Waals surface area (Å²) in [5, 5.41) is 0. The molecule has 0 radical (unpaired) electrons. The summed E-state index contributed by atoms with van der Waals surface area (Å²) in [6.07, 6.45) is 2.22. The minimum atomic E-state index is -0.114. The number of H-pyrrole nitrogens is 1. The topological polar surface area (TPSA) is 68.1 Å². The number of ether oxygens (including phenoxy) is 1. The fourth-order valence-corrected chi connectivity index (χ4v) is 1.12. The lowest BCUT2D eigenvalue weighted by atomic mass is 10.2. The molecule has 1 unspecified atom stereocenters. The third-order valence-electron chi connectivity index (χ3n) is 1.70. The summed E-state index contributed by atoms with van der Waals surface area (Å²) in [7, 11) is 1.47. The zero-order chi connectivity index (χ0) is 9.84. The molecule has 1 rings (SSSR count). The minimum Gasteiger partial charge on any atom is -0.491 e. The summed E-state index contributed by atoms with van der Waals surface area (Å²) in [6.45, 7) is 1.89. The van der Waals surface area contributed by atoms with E-state index in [-0.39, 0.29) is 11.5 Å². The van der Waals surface area contributed by atoms with Crippen LogP contribution in [0.1, 0.15) is 12.6 Å². The molecule has 0 fully saturated rings. The zero-order valence-corrected chi connectivity index (χ0v) is 7.83. The van der Waals surface area contributed by atoms with E-state index in [1.54, 1.807) is 6.20 Å². The molecule has 0 aliphatic heterocycles. The van der Waals surface area contributed by atoms with E-state index >= 15 is 0 Å². The predicted molar refractivity (Wildman–Crippen MR) is 51.0 cm³/mol. The molecule has 1 aromatic rings. The van der Waals surface area contributed by atoms with E-state index in [9.17, 15) is 4.79 Å². The van der Waals surface area contributed by atoms with Crippen LogP contribution < -0.4 is 15.9 Å². The first kappa shape index (κ1) is 9.80. The second kappa shape index (κ2) is 4.09. The monoisotopic (exact) mass is 182 g/mol. The van der Waals surface area contributed by atoms with Crippen molar-refractivity contribution < 1.29 is 4.74 Å². The highest BCUT2D eigenvalue weighted by atomic mass is 16.5. The third kappa shape index (κ3) is 2.59. The lowest BCUT2D eigenvalue weighted by Crippen LogP contribution is -2.19. The minimum absolute atomic E-state index is 0.0454. The molecule has 1 aromatic heterocycles. The number of methoxy groups -OCH3 is 1.